The van der Waals surface area contributed by atoms with Crippen LogP contribution in [0.15, 0.2) is 0 Å². The largest absolute Gasteiger partial charge is 0.301 e. The third-order valence-corrected chi connectivity index (χ3v) is 3.28. The zero-order valence-corrected chi connectivity index (χ0v) is 8.39. The van der Waals surface area contributed by atoms with Gasteiger partial charge in [0.1, 0.15) is 5.01 Å². The number of nitrogens with zero attached hydrogens (tertiary/aromatic N) is 3. The lowest BCUT2D eigenvalue weighted by molar-refractivity contribution is 0.314. The van der Waals surface area contributed by atoms with Gasteiger partial charge in [-0.2, -0.15) is 5.26 Å². The number of fused-ring (bicyclic) bond motifs is 1. The fraction of sp³-hybridized carbons (Fsp3) is 0.556. The molecule has 0 spiro atoms. The van der Waals surface area contributed by atoms with Crippen LogP contribution in [0.4, 0.5) is 0 Å². The Labute approximate surface area is 81.6 Å². The second-order valence-corrected chi connectivity index (χ2v) is 4.47. The summed E-state index contributed by atoms with van der Waals surface area (Å²) in [5, 5.41) is 9.51. The summed E-state index contributed by atoms with van der Waals surface area (Å²) in [6, 6.07) is 2.14. The van der Waals surface area contributed by atoms with Gasteiger partial charge >= 0.3 is 0 Å². The molecule has 3 nitrogen and oxygen atoms in total. The lowest BCUT2D eigenvalue weighted by atomic mass is 10.2. The van der Waals surface area contributed by atoms with Gasteiger partial charge in [0.2, 0.25) is 0 Å². The third kappa shape index (κ3) is 1.71. The molecule has 4 heteroatoms. The van der Waals surface area contributed by atoms with Crippen molar-refractivity contribution < 1.29 is 0 Å². The van der Waals surface area contributed by atoms with E-state index in [1.807, 2.05) is 0 Å². The van der Waals surface area contributed by atoms with Crippen LogP contribution in [0, 0.1) is 11.3 Å². The Hall–Kier alpha value is -0.920. The van der Waals surface area contributed by atoms with Gasteiger partial charge in [-0.05, 0) is 7.05 Å². The summed E-state index contributed by atoms with van der Waals surface area (Å²) in [7, 11) is 2.12. The van der Waals surface area contributed by atoms with E-state index in [4.69, 9.17) is 5.26 Å². The van der Waals surface area contributed by atoms with E-state index in [1.54, 1.807) is 11.3 Å². The van der Waals surface area contributed by atoms with E-state index in [0.717, 1.165) is 24.5 Å². The monoisotopic (exact) mass is 193 g/mol. The van der Waals surface area contributed by atoms with E-state index in [-0.39, 0.29) is 0 Å². The minimum atomic E-state index is 0.460. The zero-order valence-electron chi connectivity index (χ0n) is 7.58. The van der Waals surface area contributed by atoms with Crippen LogP contribution in [0.1, 0.15) is 15.6 Å². The minimum Gasteiger partial charge on any atom is -0.301 e. The fourth-order valence-corrected chi connectivity index (χ4v) is 2.65. The molecule has 0 unspecified atom stereocenters. The van der Waals surface area contributed by atoms with Crippen molar-refractivity contribution in [3.05, 3.63) is 15.6 Å². The molecule has 0 fully saturated rings. The molecule has 0 saturated heterocycles. The maximum Gasteiger partial charge on any atom is 0.107 e. The van der Waals surface area contributed by atoms with E-state index >= 15 is 0 Å². The highest BCUT2D eigenvalue weighted by Crippen LogP contribution is 2.24. The topological polar surface area (TPSA) is 39.9 Å². The first kappa shape index (κ1) is 8.67. The first-order chi connectivity index (χ1) is 6.29. The van der Waals surface area contributed by atoms with Crippen molar-refractivity contribution in [2.24, 2.45) is 0 Å². The molecule has 0 aliphatic carbocycles. The summed E-state index contributed by atoms with van der Waals surface area (Å²) in [6.07, 6.45) is 1.50. The lowest BCUT2D eigenvalue weighted by Crippen LogP contribution is -2.25. The first-order valence-electron chi connectivity index (χ1n) is 4.32. The molecule has 0 N–H and O–H groups in total. The summed E-state index contributed by atoms with van der Waals surface area (Å²) in [5.74, 6) is 0. The van der Waals surface area contributed by atoms with Gasteiger partial charge in [0, 0.05) is 24.4 Å². The summed E-state index contributed by atoms with van der Waals surface area (Å²) >= 11 is 1.69. The van der Waals surface area contributed by atoms with Crippen LogP contribution in [0.3, 0.4) is 0 Å². The highest BCUT2D eigenvalue weighted by Gasteiger charge is 2.17. The molecule has 0 aromatic carbocycles. The number of thiazole rings is 1. The Morgan fingerprint density at radius 1 is 1.69 bits per heavy atom. The van der Waals surface area contributed by atoms with Crippen LogP contribution in [0.25, 0.3) is 0 Å². The number of rotatable bonds is 1. The molecule has 1 aliphatic rings. The van der Waals surface area contributed by atoms with Gasteiger partial charge in [-0.3, -0.25) is 0 Å². The Morgan fingerprint density at radius 2 is 2.54 bits per heavy atom. The van der Waals surface area contributed by atoms with Gasteiger partial charge in [-0.25, -0.2) is 4.98 Å². The van der Waals surface area contributed by atoms with Crippen LogP contribution < -0.4 is 0 Å². The standard InChI is InChI=1S/C9H11N3S/c1-12-5-3-7-8(6-12)13-9(11-7)2-4-10/h2-3,5-6H2,1H3. The number of hydrogen-bond donors (Lipinski definition) is 0. The summed E-state index contributed by atoms with van der Waals surface area (Å²) in [4.78, 5) is 8.08. The molecule has 0 atom stereocenters. The smallest absolute Gasteiger partial charge is 0.107 e. The van der Waals surface area contributed by atoms with E-state index in [1.165, 1.54) is 10.6 Å². The minimum absolute atomic E-state index is 0.460. The quantitative estimate of drug-likeness (QED) is 0.672. The molecule has 0 saturated carbocycles. The molecule has 68 valence electrons. The van der Waals surface area contributed by atoms with Gasteiger partial charge in [-0.15, -0.1) is 11.3 Å². The second-order valence-electron chi connectivity index (χ2n) is 3.30. The average molecular weight is 193 g/mol. The molecule has 13 heavy (non-hydrogen) atoms. The molecule has 2 rings (SSSR count). The summed E-state index contributed by atoms with van der Waals surface area (Å²) in [6.45, 7) is 2.08. The molecule has 0 radical (unpaired) electrons. The van der Waals surface area contributed by atoms with Gasteiger partial charge in [0.25, 0.3) is 0 Å². The highest BCUT2D eigenvalue weighted by molar-refractivity contribution is 7.11. The van der Waals surface area contributed by atoms with Gasteiger partial charge in [0.05, 0.1) is 18.2 Å². The van der Waals surface area contributed by atoms with Crippen LogP contribution in [0.5, 0.6) is 0 Å². The molecular formula is C9H11N3S. The number of nitriles is 1. The van der Waals surface area contributed by atoms with E-state index in [9.17, 15) is 0 Å². The van der Waals surface area contributed by atoms with Crippen molar-refractivity contribution in [3.63, 3.8) is 0 Å². The fourth-order valence-electron chi connectivity index (χ4n) is 1.52. The molecule has 0 amide bonds. The van der Waals surface area contributed by atoms with Crippen molar-refractivity contribution in [2.75, 3.05) is 13.6 Å². The zero-order chi connectivity index (χ0) is 9.26. The van der Waals surface area contributed by atoms with E-state index in [2.05, 4.69) is 23.0 Å². The predicted octanol–water partition coefficient (Wildman–Crippen LogP) is 1.20. The maximum absolute atomic E-state index is 8.54. The van der Waals surface area contributed by atoms with Crippen molar-refractivity contribution >= 4 is 11.3 Å². The summed E-state index contributed by atoms with van der Waals surface area (Å²) < 4.78 is 0. The van der Waals surface area contributed by atoms with Crippen molar-refractivity contribution in [3.8, 4) is 6.07 Å². The van der Waals surface area contributed by atoms with Crippen LogP contribution >= 0.6 is 11.3 Å². The number of likely N-dealkylation sites (N-methyl/N-ethyl adjacent to an activating group) is 1. The third-order valence-electron chi connectivity index (χ3n) is 2.20. The predicted molar refractivity (Wildman–Crippen MR) is 51.5 cm³/mol. The van der Waals surface area contributed by atoms with Crippen molar-refractivity contribution in [2.45, 2.75) is 19.4 Å². The molecule has 2 heterocycles. The normalized spacial score (nSPS) is 16.6. The molecule has 1 aliphatic heterocycles. The Balaban J connectivity index is 2.24. The van der Waals surface area contributed by atoms with Gasteiger partial charge in [-0.1, -0.05) is 0 Å². The second kappa shape index (κ2) is 3.44. The number of aromatic nitrogens is 1. The SMILES string of the molecule is CN1CCc2nc(CC#N)sc2C1. The van der Waals surface area contributed by atoms with Crippen molar-refractivity contribution in [1.82, 2.24) is 9.88 Å². The van der Waals surface area contributed by atoms with E-state index in [0.29, 0.717) is 6.42 Å². The van der Waals surface area contributed by atoms with Crippen LogP contribution in [-0.2, 0) is 19.4 Å². The van der Waals surface area contributed by atoms with Crippen LogP contribution in [-0.4, -0.2) is 23.5 Å². The molecule has 0 bridgehead atoms. The summed E-state index contributed by atoms with van der Waals surface area (Å²) in [5.41, 5.74) is 1.22. The Morgan fingerprint density at radius 3 is 3.31 bits per heavy atom. The maximum atomic E-state index is 8.54. The Bertz CT molecular complexity index is 350. The van der Waals surface area contributed by atoms with E-state index < -0.39 is 0 Å². The van der Waals surface area contributed by atoms with Gasteiger partial charge < -0.3 is 4.90 Å². The van der Waals surface area contributed by atoms with Crippen molar-refractivity contribution in [1.29, 1.82) is 5.26 Å². The van der Waals surface area contributed by atoms with Crippen LogP contribution in [0.2, 0.25) is 0 Å². The lowest BCUT2D eigenvalue weighted by Gasteiger charge is -2.20. The first-order valence-corrected chi connectivity index (χ1v) is 5.14. The Kier molecular flexibility index (Phi) is 2.30. The number of hydrogen-bond acceptors (Lipinski definition) is 4. The molecule has 1 aromatic heterocycles. The highest BCUT2D eigenvalue weighted by atomic mass is 32.1. The molecule has 1 aromatic rings. The van der Waals surface area contributed by atoms with Gasteiger partial charge in [0.15, 0.2) is 0 Å². The molecular weight excluding hydrogens is 182 g/mol. The average Bonchev–Trinajstić information content (AvgIpc) is 2.46.